The summed E-state index contributed by atoms with van der Waals surface area (Å²) < 4.78 is 5.30. The number of rotatable bonds is 3. The summed E-state index contributed by atoms with van der Waals surface area (Å²) in [6.07, 6.45) is 2.67. The Kier molecular flexibility index (Phi) is 4.42. The van der Waals surface area contributed by atoms with E-state index < -0.39 is 17.3 Å². The van der Waals surface area contributed by atoms with Gasteiger partial charge in [0.2, 0.25) is 5.91 Å². The van der Waals surface area contributed by atoms with Gasteiger partial charge in [-0.25, -0.2) is 0 Å². The molecule has 0 spiro atoms. The summed E-state index contributed by atoms with van der Waals surface area (Å²) in [6, 6.07) is 0. The molecule has 0 aromatic heterocycles. The lowest BCUT2D eigenvalue weighted by Crippen LogP contribution is -2.53. The topological polar surface area (TPSA) is 92.9 Å². The van der Waals surface area contributed by atoms with Crippen molar-refractivity contribution in [1.82, 2.24) is 4.90 Å². The van der Waals surface area contributed by atoms with Crippen LogP contribution in [0.1, 0.15) is 25.7 Å². The lowest BCUT2D eigenvalue weighted by atomic mass is 9.78. The maximum Gasteiger partial charge on any atom is 0.308 e. The first-order valence-electron chi connectivity index (χ1n) is 6.89. The molecule has 108 valence electrons. The molecule has 6 heteroatoms. The summed E-state index contributed by atoms with van der Waals surface area (Å²) >= 11 is 0. The highest BCUT2D eigenvalue weighted by atomic mass is 16.5. The molecular formula is C13H22N2O4. The van der Waals surface area contributed by atoms with Crippen LogP contribution in [0.3, 0.4) is 0 Å². The third-order valence-corrected chi connectivity index (χ3v) is 4.35. The second-order valence-corrected chi connectivity index (χ2v) is 5.53. The van der Waals surface area contributed by atoms with Gasteiger partial charge in [0.05, 0.1) is 11.3 Å². The molecule has 19 heavy (non-hydrogen) atoms. The zero-order valence-electron chi connectivity index (χ0n) is 11.1. The Labute approximate surface area is 112 Å². The van der Waals surface area contributed by atoms with E-state index in [9.17, 15) is 9.59 Å². The van der Waals surface area contributed by atoms with Gasteiger partial charge in [0.25, 0.3) is 0 Å². The predicted octanol–water partition coefficient (Wildman–Crippen LogP) is 0.0651. The normalized spacial score (nSPS) is 27.0. The monoisotopic (exact) mass is 270 g/mol. The van der Waals surface area contributed by atoms with E-state index in [0.29, 0.717) is 52.1 Å². The standard InChI is InChI=1S/C13H22N2O4/c14-9-13(3-6-19-7-4-13)12(18)15-5-1-2-10(8-15)11(16)17/h10H,1-9,14H2,(H,16,17)/t10-/m0/s1. The number of ether oxygens (including phenoxy) is 1. The van der Waals surface area contributed by atoms with E-state index in [-0.39, 0.29) is 5.91 Å². The molecule has 0 aromatic carbocycles. The molecule has 1 amide bonds. The van der Waals surface area contributed by atoms with Crippen LogP contribution in [-0.2, 0) is 14.3 Å². The smallest absolute Gasteiger partial charge is 0.308 e. The quantitative estimate of drug-likeness (QED) is 0.756. The molecule has 6 nitrogen and oxygen atoms in total. The van der Waals surface area contributed by atoms with Crippen LogP contribution in [0.25, 0.3) is 0 Å². The zero-order valence-corrected chi connectivity index (χ0v) is 11.1. The number of amides is 1. The lowest BCUT2D eigenvalue weighted by molar-refractivity contribution is -0.152. The van der Waals surface area contributed by atoms with E-state index in [2.05, 4.69) is 0 Å². The van der Waals surface area contributed by atoms with Crippen LogP contribution in [0, 0.1) is 11.3 Å². The van der Waals surface area contributed by atoms with Crippen molar-refractivity contribution < 1.29 is 19.4 Å². The minimum atomic E-state index is -0.814. The van der Waals surface area contributed by atoms with Gasteiger partial charge in [0, 0.05) is 32.8 Å². The van der Waals surface area contributed by atoms with Gasteiger partial charge in [0.15, 0.2) is 0 Å². The van der Waals surface area contributed by atoms with Crippen LogP contribution in [0.4, 0.5) is 0 Å². The first kappa shape index (κ1) is 14.3. The van der Waals surface area contributed by atoms with Crippen molar-refractivity contribution in [3.05, 3.63) is 0 Å². The van der Waals surface area contributed by atoms with Gasteiger partial charge in [-0.3, -0.25) is 9.59 Å². The number of aliphatic carboxylic acids is 1. The summed E-state index contributed by atoms with van der Waals surface area (Å²) in [5.74, 6) is -1.23. The number of carbonyl (C=O) groups excluding carboxylic acids is 1. The van der Waals surface area contributed by atoms with Gasteiger partial charge in [0.1, 0.15) is 0 Å². The fraction of sp³-hybridized carbons (Fsp3) is 0.846. The van der Waals surface area contributed by atoms with Crippen molar-refractivity contribution in [2.75, 3.05) is 32.8 Å². The van der Waals surface area contributed by atoms with E-state index in [1.165, 1.54) is 0 Å². The summed E-state index contributed by atoms with van der Waals surface area (Å²) in [5.41, 5.74) is 5.28. The zero-order chi connectivity index (χ0) is 13.9. The molecule has 2 fully saturated rings. The molecule has 1 atom stereocenters. The van der Waals surface area contributed by atoms with Crippen molar-refractivity contribution in [2.45, 2.75) is 25.7 Å². The summed E-state index contributed by atoms with van der Waals surface area (Å²) in [5, 5.41) is 9.09. The van der Waals surface area contributed by atoms with Crippen molar-refractivity contribution in [1.29, 1.82) is 0 Å². The largest absolute Gasteiger partial charge is 0.481 e. The molecule has 0 unspecified atom stereocenters. The van der Waals surface area contributed by atoms with Crippen molar-refractivity contribution in [2.24, 2.45) is 17.1 Å². The first-order chi connectivity index (χ1) is 9.09. The predicted molar refractivity (Wildman–Crippen MR) is 68.5 cm³/mol. The first-order valence-corrected chi connectivity index (χ1v) is 6.89. The minimum absolute atomic E-state index is 0.0178. The molecule has 2 heterocycles. The Morgan fingerprint density at radius 1 is 1.37 bits per heavy atom. The Hall–Kier alpha value is -1.14. The molecule has 2 aliphatic rings. The SMILES string of the molecule is NCC1(C(=O)N2CCC[C@H](C(=O)O)C2)CCOCC1. The van der Waals surface area contributed by atoms with Gasteiger partial charge in [-0.2, -0.15) is 0 Å². The highest BCUT2D eigenvalue weighted by Gasteiger charge is 2.43. The van der Waals surface area contributed by atoms with Crippen LogP contribution in [0.2, 0.25) is 0 Å². The van der Waals surface area contributed by atoms with Crippen LogP contribution in [0.15, 0.2) is 0 Å². The van der Waals surface area contributed by atoms with Crippen LogP contribution in [-0.4, -0.2) is 54.7 Å². The molecule has 3 N–H and O–H groups in total. The molecule has 0 bridgehead atoms. The van der Waals surface area contributed by atoms with E-state index in [1.54, 1.807) is 4.90 Å². The fourth-order valence-electron chi connectivity index (χ4n) is 2.97. The molecular weight excluding hydrogens is 248 g/mol. The number of likely N-dealkylation sites (tertiary alicyclic amines) is 1. The highest BCUT2D eigenvalue weighted by Crippen LogP contribution is 2.33. The van der Waals surface area contributed by atoms with Gasteiger partial charge in [-0.05, 0) is 25.7 Å². The van der Waals surface area contributed by atoms with Gasteiger partial charge in [-0.15, -0.1) is 0 Å². The maximum atomic E-state index is 12.7. The molecule has 0 aliphatic carbocycles. The molecule has 2 rings (SSSR count). The van der Waals surface area contributed by atoms with Crippen molar-refractivity contribution in [3.8, 4) is 0 Å². The average molecular weight is 270 g/mol. The number of piperidine rings is 1. The number of hydrogen-bond acceptors (Lipinski definition) is 4. The number of carboxylic acid groups (broad SMARTS) is 1. The van der Waals surface area contributed by atoms with Gasteiger partial charge < -0.3 is 20.5 Å². The third kappa shape index (κ3) is 2.90. The lowest BCUT2D eigenvalue weighted by Gasteiger charge is -2.41. The average Bonchev–Trinajstić information content (AvgIpc) is 2.47. The Bertz CT molecular complexity index is 353. The Morgan fingerprint density at radius 2 is 2.05 bits per heavy atom. The van der Waals surface area contributed by atoms with Crippen LogP contribution >= 0.6 is 0 Å². The van der Waals surface area contributed by atoms with Crippen LogP contribution in [0.5, 0.6) is 0 Å². The molecule has 0 radical (unpaired) electrons. The summed E-state index contributed by atoms with van der Waals surface area (Å²) in [7, 11) is 0. The number of nitrogens with two attached hydrogens (primary N) is 1. The number of carbonyl (C=O) groups is 2. The number of nitrogens with zero attached hydrogens (tertiary/aromatic N) is 1. The minimum Gasteiger partial charge on any atom is -0.481 e. The molecule has 2 saturated heterocycles. The summed E-state index contributed by atoms with van der Waals surface area (Å²) in [4.78, 5) is 25.4. The van der Waals surface area contributed by atoms with E-state index in [1.807, 2.05) is 0 Å². The second kappa shape index (κ2) is 5.88. The van der Waals surface area contributed by atoms with E-state index in [0.717, 1.165) is 6.42 Å². The fourth-order valence-corrected chi connectivity index (χ4v) is 2.97. The maximum absolute atomic E-state index is 12.7. The van der Waals surface area contributed by atoms with E-state index >= 15 is 0 Å². The molecule has 0 saturated carbocycles. The van der Waals surface area contributed by atoms with Gasteiger partial charge in [-0.1, -0.05) is 0 Å². The molecule has 2 aliphatic heterocycles. The highest BCUT2D eigenvalue weighted by molar-refractivity contribution is 5.84. The second-order valence-electron chi connectivity index (χ2n) is 5.53. The number of carboxylic acids is 1. The summed E-state index contributed by atoms with van der Waals surface area (Å²) in [6.45, 7) is 2.38. The third-order valence-electron chi connectivity index (χ3n) is 4.35. The van der Waals surface area contributed by atoms with E-state index in [4.69, 9.17) is 15.6 Å². The van der Waals surface area contributed by atoms with Crippen molar-refractivity contribution >= 4 is 11.9 Å². The van der Waals surface area contributed by atoms with Crippen LogP contribution < -0.4 is 5.73 Å². The number of hydrogen-bond donors (Lipinski definition) is 2. The Balaban J connectivity index is 2.06. The van der Waals surface area contributed by atoms with Gasteiger partial charge >= 0.3 is 5.97 Å². The Morgan fingerprint density at radius 3 is 2.63 bits per heavy atom. The van der Waals surface area contributed by atoms with Crippen molar-refractivity contribution in [3.63, 3.8) is 0 Å². The molecule has 0 aromatic rings.